The Kier molecular flexibility index (Phi) is 10.2. The van der Waals surface area contributed by atoms with Gasteiger partial charge in [0, 0.05) is 25.8 Å². The number of nitrogens with zero attached hydrogens (tertiary/aromatic N) is 1. The molecular formula is C24H33NO4. The molecule has 0 saturated carbocycles. The van der Waals surface area contributed by atoms with Crippen LogP contribution in [-0.2, 0) is 20.7 Å². The van der Waals surface area contributed by atoms with Gasteiger partial charge in [-0.25, -0.2) is 0 Å². The lowest BCUT2D eigenvalue weighted by molar-refractivity contribution is -0.140. The summed E-state index contributed by atoms with van der Waals surface area (Å²) in [6.07, 6.45) is 13.2. The van der Waals surface area contributed by atoms with Gasteiger partial charge in [0.25, 0.3) is 0 Å². The number of esters is 1. The quantitative estimate of drug-likeness (QED) is 0.369. The van der Waals surface area contributed by atoms with E-state index in [2.05, 4.69) is 4.74 Å². The number of methoxy groups -OCH3 is 1. The van der Waals surface area contributed by atoms with Gasteiger partial charge in [0.1, 0.15) is 0 Å². The molecule has 1 fully saturated rings. The number of likely N-dealkylation sites (tertiary alicyclic amines) is 1. The van der Waals surface area contributed by atoms with Crippen LogP contribution in [0.2, 0.25) is 0 Å². The van der Waals surface area contributed by atoms with E-state index >= 15 is 0 Å². The van der Waals surface area contributed by atoms with E-state index in [0.717, 1.165) is 37.7 Å². The van der Waals surface area contributed by atoms with E-state index in [1.807, 2.05) is 59.5 Å². The topological polar surface area (TPSA) is 66.8 Å². The second kappa shape index (κ2) is 12.9. The molecule has 2 rings (SSSR count). The van der Waals surface area contributed by atoms with Crippen molar-refractivity contribution in [3.05, 3.63) is 60.2 Å². The number of aliphatic hydroxyl groups is 1. The summed E-state index contributed by atoms with van der Waals surface area (Å²) in [6, 6.07) is 9.91. The summed E-state index contributed by atoms with van der Waals surface area (Å²) in [5.74, 6) is -0.0331. The Bertz CT molecular complexity index is 683. The zero-order valence-electron chi connectivity index (χ0n) is 17.3. The summed E-state index contributed by atoms with van der Waals surface area (Å²) in [4.78, 5) is 25.6. The van der Waals surface area contributed by atoms with Crippen LogP contribution < -0.4 is 0 Å². The number of ether oxygens (including phenoxy) is 1. The van der Waals surface area contributed by atoms with Crippen molar-refractivity contribution < 1.29 is 19.4 Å². The van der Waals surface area contributed by atoms with Crippen molar-refractivity contribution in [2.24, 2.45) is 0 Å². The van der Waals surface area contributed by atoms with E-state index in [1.54, 1.807) is 0 Å². The summed E-state index contributed by atoms with van der Waals surface area (Å²) in [6.45, 7) is 0.556. The van der Waals surface area contributed by atoms with Gasteiger partial charge in [0.2, 0.25) is 5.91 Å². The largest absolute Gasteiger partial charge is 0.469 e. The van der Waals surface area contributed by atoms with Crippen LogP contribution in [0.15, 0.2) is 54.6 Å². The molecule has 2 atom stereocenters. The molecule has 2 unspecified atom stereocenters. The number of carbonyl (C=O) groups is 2. The van der Waals surface area contributed by atoms with Crippen molar-refractivity contribution in [3.8, 4) is 0 Å². The highest BCUT2D eigenvalue weighted by molar-refractivity contribution is 5.77. The first-order chi connectivity index (χ1) is 14.1. The monoisotopic (exact) mass is 399 g/mol. The smallest absolute Gasteiger partial charge is 0.305 e. The predicted octanol–water partition coefficient (Wildman–Crippen LogP) is 3.82. The Morgan fingerprint density at radius 1 is 1.28 bits per heavy atom. The highest BCUT2D eigenvalue weighted by atomic mass is 16.5. The zero-order valence-corrected chi connectivity index (χ0v) is 17.3. The van der Waals surface area contributed by atoms with Crippen LogP contribution in [0.1, 0.15) is 50.5 Å². The first-order valence-corrected chi connectivity index (χ1v) is 10.5. The predicted molar refractivity (Wildman–Crippen MR) is 114 cm³/mol. The van der Waals surface area contributed by atoms with Gasteiger partial charge in [-0.05, 0) is 31.2 Å². The third-order valence-corrected chi connectivity index (χ3v) is 5.15. The Balaban J connectivity index is 1.89. The van der Waals surface area contributed by atoms with Crippen molar-refractivity contribution >= 4 is 11.9 Å². The van der Waals surface area contributed by atoms with E-state index < -0.39 is 6.10 Å². The normalized spacial score (nSPS) is 18.9. The Morgan fingerprint density at radius 2 is 2.07 bits per heavy atom. The molecule has 0 aliphatic carbocycles. The fourth-order valence-corrected chi connectivity index (χ4v) is 3.50. The minimum absolute atomic E-state index is 0.00939. The maximum atomic E-state index is 12.5. The van der Waals surface area contributed by atoms with Crippen LogP contribution in [0.25, 0.3) is 0 Å². The molecule has 158 valence electrons. The van der Waals surface area contributed by atoms with Gasteiger partial charge >= 0.3 is 5.97 Å². The summed E-state index contributed by atoms with van der Waals surface area (Å²) >= 11 is 0. The molecule has 0 radical (unpaired) electrons. The van der Waals surface area contributed by atoms with Crippen molar-refractivity contribution in [2.75, 3.05) is 13.7 Å². The molecule has 5 heteroatoms. The van der Waals surface area contributed by atoms with Gasteiger partial charge in [0.15, 0.2) is 0 Å². The molecule has 1 aliphatic heterocycles. The Hall–Kier alpha value is -2.40. The fourth-order valence-electron chi connectivity index (χ4n) is 3.50. The molecule has 1 amide bonds. The maximum Gasteiger partial charge on any atom is 0.305 e. The van der Waals surface area contributed by atoms with Crippen LogP contribution in [0.4, 0.5) is 0 Å². The first-order valence-electron chi connectivity index (χ1n) is 10.5. The summed E-state index contributed by atoms with van der Waals surface area (Å²) in [5, 5.41) is 10.4. The summed E-state index contributed by atoms with van der Waals surface area (Å²) in [7, 11) is 1.40. The van der Waals surface area contributed by atoms with Gasteiger partial charge < -0.3 is 14.7 Å². The van der Waals surface area contributed by atoms with E-state index in [-0.39, 0.29) is 17.9 Å². The van der Waals surface area contributed by atoms with E-state index in [4.69, 9.17) is 0 Å². The molecule has 1 heterocycles. The zero-order chi connectivity index (χ0) is 20.9. The van der Waals surface area contributed by atoms with E-state index in [9.17, 15) is 14.7 Å². The lowest BCUT2D eigenvalue weighted by atomic mass is 10.0. The van der Waals surface area contributed by atoms with Crippen LogP contribution >= 0.6 is 0 Å². The molecule has 5 nitrogen and oxygen atoms in total. The summed E-state index contributed by atoms with van der Waals surface area (Å²) < 4.78 is 4.63. The molecule has 1 aromatic carbocycles. The molecule has 1 aliphatic rings. The lowest BCUT2D eigenvalue weighted by Gasteiger charge is -2.27. The molecule has 1 aromatic rings. The number of rotatable bonds is 10. The van der Waals surface area contributed by atoms with Crippen molar-refractivity contribution in [3.63, 3.8) is 0 Å². The average Bonchev–Trinajstić information content (AvgIpc) is 2.90. The second-order valence-electron chi connectivity index (χ2n) is 7.44. The Labute approximate surface area is 174 Å². The van der Waals surface area contributed by atoms with Crippen molar-refractivity contribution in [1.29, 1.82) is 0 Å². The van der Waals surface area contributed by atoms with Gasteiger partial charge in [-0.1, -0.05) is 61.1 Å². The molecule has 0 bridgehead atoms. The molecule has 1 N–H and O–H groups in total. The Morgan fingerprint density at radius 3 is 2.83 bits per heavy atom. The number of carbonyl (C=O) groups excluding carboxylic acids is 2. The maximum absolute atomic E-state index is 12.5. The van der Waals surface area contributed by atoms with Crippen molar-refractivity contribution in [1.82, 2.24) is 4.90 Å². The van der Waals surface area contributed by atoms with Gasteiger partial charge in [0.05, 0.1) is 19.3 Å². The molecule has 0 aromatic heterocycles. The van der Waals surface area contributed by atoms with Gasteiger partial charge in [-0.15, -0.1) is 0 Å². The first kappa shape index (κ1) is 22.9. The minimum Gasteiger partial charge on any atom is -0.469 e. The fraction of sp³-hybridized carbons (Fsp3) is 0.500. The van der Waals surface area contributed by atoms with Gasteiger partial charge in [-0.2, -0.15) is 0 Å². The molecular weight excluding hydrogens is 366 g/mol. The summed E-state index contributed by atoms with van der Waals surface area (Å²) in [5.41, 5.74) is 1.09. The standard InChI is InChI=1S/C24H33NO4/c1-29-24(28)15-7-2-3-10-18-25-21(13-8-9-14-23(25)27)16-17-22(26)19-20-11-5-4-6-12-20/h3-6,10-12,16-17,21-22,26H,2,7-9,13-15,18-19H2,1H3. The number of aliphatic hydroxyl groups excluding tert-OH is 1. The van der Waals surface area contributed by atoms with Crippen LogP contribution in [-0.4, -0.2) is 47.7 Å². The number of amides is 1. The minimum atomic E-state index is -0.563. The van der Waals surface area contributed by atoms with E-state index in [1.165, 1.54) is 7.11 Å². The van der Waals surface area contributed by atoms with Crippen LogP contribution in [0, 0.1) is 0 Å². The number of benzene rings is 1. The number of unbranched alkanes of at least 4 members (excludes halogenated alkanes) is 1. The third-order valence-electron chi connectivity index (χ3n) is 5.15. The van der Waals surface area contributed by atoms with E-state index in [0.29, 0.717) is 25.8 Å². The highest BCUT2D eigenvalue weighted by Crippen LogP contribution is 2.19. The SMILES string of the molecule is COC(=O)CCCC=CCN1C(=O)CCCCC1C=CC(O)Cc1ccccc1. The van der Waals surface area contributed by atoms with Gasteiger partial charge in [-0.3, -0.25) is 9.59 Å². The van der Waals surface area contributed by atoms with Crippen LogP contribution in [0.5, 0.6) is 0 Å². The van der Waals surface area contributed by atoms with Crippen LogP contribution in [0.3, 0.4) is 0 Å². The van der Waals surface area contributed by atoms with Crippen molar-refractivity contribution in [2.45, 2.75) is 63.5 Å². The number of hydrogen-bond donors (Lipinski definition) is 1. The highest BCUT2D eigenvalue weighted by Gasteiger charge is 2.23. The lowest BCUT2D eigenvalue weighted by Crippen LogP contribution is -2.38. The molecule has 1 saturated heterocycles. The second-order valence-corrected chi connectivity index (χ2v) is 7.44. The number of hydrogen-bond acceptors (Lipinski definition) is 4. The average molecular weight is 400 g/mol. The number of allylic oxidation sites excluding steroid dienone is 1. The molecule has 0 spiro atoms. The third kappa shape index (κ3) is 8.65. The molecule has 29 heavy (non-hydrogen) atoms.